The number of ether oxygens (including phenoxy) is 1. The smallest absolute Gasteiger partial charge is 0.233 e. The van der Waals surface area contributed by atoms with Gasteiger partial charge in [0.05, 0.1) is 5.92 Å². The van der Waals surface area contributed by atoms with E-state index < -0.39 is 0 Å². The zero-order valence-corrected chi connectivity index (χ0v) is 15.0. The second-order valence-electron chi connectivity index (χ2n) is 5.60. The van der Waals surface area contributed by atoms with Crippen molar-refractivity contribution in [3.63, 3.8) is 0 Å². The maximum Gasteiger partial charge on any atom is 0.233 e. The highest BCUT2D eigenvalue weighted by Crippen LogP contribution is 2.23. The molecule has 0 aliphatic heterocycles. The van der Waals surface area contributed by atoms with E-state index in [1.54, 1.807) is 12.1 Å². The van der Waals surface area contributed by atoms with Crippen LogP contribution in [0.3, 0.4) is 0 Å². The fraction of sp³-hybridized carbons (Fsp3) is 0.211. The molecule has 0 saturated carbocycles. The lowest BCUT2D eigenvalue weighted by molar-refractivity contribution is -0.117. The van der Waals surface area contributed by atoms with Crippen LogP contribution in [0.1, 0.15) is 29.8 Å². The van der Waals surface area contributed by atoms with Crippen LogP contribution in [0, 0.1) is 5.82 Å². The van der Waals surface area contributed by atoms with Gasteiger partial charge in [0.1, 0.15) is 18.2 Å². The predicted molar refractivity (Wildman–Crippen MR) is 98.7 cm³/mol. The number of benzene rings is 2. The van der Waals surface area contributed by atoms with E-state index in [1.165, 1.54) is 23.5 Å². The van der Waals surface area contributed by atoms with Crippen molar-refractivity contribution < 1.29 is 13.9 Å². The number of hydrogen-bond donors (Lipinski definition) is 1. The molecule has 2 aromatic carbocycles. The van der Waals surface area contributed by atoms with E-state index in [0.717, 1.165) is 5.56 Å². The van der Waals surface area contributed by atoms with Crippen molar-refractivity contribution in [2.24, 2.45) is 0 Å². The summed E-state index contributed by atoms with van der Waals surface area (Å²) >= 11 is 1.25. The Bertz CT molecular complexity index is 853. The Labute approximate surface area is 154 Å². The topological polar surface area (TPSA) is 64.1 Å². The number of carbonyl (C=O) groups excluding carboxylic acids is 1. The molecule has 1 atom stereocenters. The summed E-state index contributed by atoms with van der Waals surface area (Å²) in [5.41, 5.74) is 0.969. The Hall–Kier alpha value is -2.80. The number of amides is 1. The summed E-state index contributed by atoms with van der Waals surface area (Å²) in [5.74, 6) is -0.121. The summed E-state index contributed by atoms with van der Waals surface area (Å²) < 4.78 is 18.4. The zero-order chi connectivity index (χ0) is 18.4. The normalized spacial score (nSPS) is 11.8. The molecule has 3 rings (SSSR count). The molecule has 26 heavy (non-hydrogen) atoms. The van der Waals surface area contributed by atoms with Crippen LogP contribution >= 0.6 is 11.3 Å². The summed E-state index contributed by atoms with van der Waals surface area (Å²) in [7, 11) is 0. The summed E-state index contributed by atoms with van der Waals surface area (Å²) in [6.07, 6.45) is 0.690. The van der Waals surface area contributed by atoms with Crippen molar-refractivity contribution in [1.82, 2.24) is 10.2 Å². The first-order valence-electron chi connectivity index (χ1n) is 8.22. The van der Waals surface area contributed by atoms with E-state index in [9.17, 15) is 9.18 Å². The van der Waals surface area contributed by atoms with Gasteiger partial charge in [-0.2, -0.15) is 0 Å². The molecule has 0 aliphatic carbocycles. The molecule has 0 aliphatic rings. The number of halogens is 1. The summed E-state index contributed by atoms with van der Waals surface area (Å²) in [5, 5.41) is 11.9. The van der Waals surface area contributed by atoms with E-state index in [0.29, 0.717) is 22.3 Å². The molecule has 0 spiro atoms. The third-order valence-electron chi connectivity index (χ3n) is 3.80. The van der Waals surface area contributed by atoms with Gasteiger partial charge in [-0.1, -0.05) is 48.6 Å². The second kappa shape index (κ2) is 8.53. The molecule has 134 valence electrons. The second-order valence-corrected chi connectivity index (χ2v) is 6.67. The van der Waals surface area contributed by atoms with Crippen LogP contribution in [0.15, 0.2) is 54.6 Å². The highest BCUT2D eigenvalue weighted by Gasteiger charge is 2.20. The molecule has 0 bridgehead atoms. The SMILES string of the molecule is CCC(C(=O)Nc1nnc(COc2ccc(F)cc2)s1)c1ccccc1. The first-order valence-corrected chi connectivity index (χ1v) is 9.04. The first kappa shape index (κ1) is 18.0. The lowest BCUT2D eigenvalue weighted by atomic mass is 9.96. The molecule has 1 amide bonds. The van der Waals surface area contributed by atoms with Crippen LogP contribution in [0.4, 0.5) is 9.52 Å². The van der Waals surface area contributed by atoms with Crippen LogP contribution in [0.25, 0.3) is 0 Å². The molecule has 3 aromatic rings. The van der Waals surface area contributed by atoms with Gasteiger partial charge >= 0.3 is 0 Å². The lowest BCUT2D eigenvalue weighted by Crippen LogP contribution is -2.20. The average molecular weight is 371 g/mol. The third-order valence-corrected chi connectivity index (χ3v) is 4.61. The van der Waals surface area contributed by atoms with Crippen LogP contribution in [-0.2, 0) is 11.4 Å². The van der Waals surface area contributed by atoms with Gasteiger partial charge < -0.3 is 4.74 Å². The molecule has 1 N–H and O–H groups in total. The minimum absolute atomic E-state index is 0.110. The largest absolute Gasteiger partial charge is 0.486 e. The average Bonchev–Trinajstić information content (AvgIpc) is 3.10. The predicted octanol–water partition coefficient (Wildman–Crippen LogP) is 4.39. The molecular formula is C19H18FN3O2S. The highest BCUT2D eigenvalue weighted by molar-refractivity contribution is 7.15. The minimum Gasteiger partial charge on any atom is -0.486 e. The van der Waals surface area contributed by atoms with Crippen LogP contribution < -0.4 is 10.1 Å². The molecule has 1 aromatic heterocycles. The standard InChI is InChI=1S/C19H18FN3O2S/c1-2-16(13-6-4-3-5-7-13)18(24)21-19-23-22-17(26-19)12-25-15-10-8-14(20)9-11-15/h3-11,16H,2,12H2,1H3,(H,21,23,24). The Morgan fingerprint density at radius 2 is 1.88 bits per heavy atom. The van der Waals surface area contributed by atoms with Crippen molar-refractivity contribution in [2.75, 3.05) is 5.32 Å². The lowest BCUT2D eigenvalue weighted by Gasteiger charge is -2.13. The van der Waals surface area contributed by atoms with Gasteiger partial charge in [0.2, 0.25) is 11.0 Å². The van der Waals surface area contributed by atoms with E-state index >= 15 is 0 Å². The number of nitrogens with zero attached hydrogens (tertiary/aromatic N) is 2. The number of nitrogens with one attached hydrogen (secondary N) is 1. The van der Waals surface area contributed by atoms with E-state index in [-0.39, 0.29) is 24.2 Å². The highest BCUT2D eigenvalue weighted by atomic mass is 32.1. The third kappa shape index (κ3) is 4.64. The van der Waals surface area contributed by atoms with Gasteiger partial charge in [0.15, 0.2) is 5.01 Å². The fourth-order valence-electron chi connectivity index (χ4n) is 2.49. The van der Waals surface area contributed by atoms with Crippen molar-refractivity contribution in [3.05, 3.63) is 71.0 Å². The van der Waals surface area contributed by atoms with Crippen molar-refractivity contribution in [1.29, 1.82) is 0 Å². The monoisotopic (exact) mass is 371 g/mol. The number of anilines is 1. The molecular weight excluding hydrogens is 353 g/mol. The minimum atomic E-state index is -0.317. The zero-order valence-electron chi connectivity index (χ0n) is 14.2. The van der Waals surface area contributed by atoms with Gasteiger partial charge in [-0.25, -0.2) is 4.39 Å². The number of aromatic nitrogens is 2. The van der Waals surface area contributed by atoms with E-state index in [2.05, 4.69) is 15.5 Å². The van der Waals surface area contributed by atoms with Gasteiger partial charge in [-0.15, -0.1) is 10.2 Å². The van der Waals surface area contributed by atoms with Gasteiger partial charge in [-0.05, 0) is 36.2 Å². The number of carbonyl (C=O) groups is 1. The quantitative estimate of drug-likeness (QED) is 0.669. The molecule has 1 heterocycles. The van der Waals surface area contributed by atoms with Crippen molar-refractivity contribution in [2.45, 2.75) is 25.9 Å². The van der Waals surface area contributed by atoms with Crippen LogP contribution in [0.5, 0.6) is 5.75 Å². The van der Waals surface area contributed by atoms with Crippen molar-refractivity contribution in [3.8, 4) is 5.75 Å². The molecule has 0 radical (unpaired) electrons. The van der Waals surface area contributed by atoms with Gasteiger partial charge in [0, 0.05) is 0 Å². The van der Waals surface area contributed by atoms with Gasteiger partial charge in [0.25, 0.3) is 0 Å². The van der Waals surface area contributed by atoms with E-state index in [4.69, 9.17) is 4.74 Å². The summed E-state index contributed by atoms with van der Waals surface area (Å²) in [4.78, 5) is 12.5. The fourth-order valence-corrected chi connectivity index (χ4v) is 3.14. The van der Waals surface area contributed by atoms with E-state index in [1.807, 2.05) is 37.3 Å². The Morgan fingerprint density at radius 3 is 2.58 bits per heavy atom. The van der Waals surface area contributed by atoms with Crippen LogP contribution in [0.2, 0.25) is 0 Å². The van der Waals surface area contributed by atoms with Crippen LogP contribution in [-0.4, -0.2) is 16.1 Å². The maximum atomic E-state index is 12.9. The number of rotatable bonds is 7. The Kier molecular flexibility index (Phi) is 5.91. The molecule has 0 saturated heterocycles. The Balaban J connectivity index is 1.59. The van der Waals surface area contributed by atoms with Crippen molar-refractivity contribution >= 4 is 22.4 Å². The summed E-state index contributed by atoms with van der Waals surface area (Å²) in [6, 6.07) is 15.4. The molecule has 1 unspecified atom stereocenters. The Morgan fingerprint density at radius 1 is 1.15 bits per heavy atom. The maximum absolute atomic E-state index is 12.9. The first-order chi connectivity index (χ1) is 12.7. The summed E-state index contributed by atoms with van der Waals surface area (Å²) in [6.45, 7) is 2.17. The molecule has 5 nitrogen and oxygen atoms in total. The number of hydrogen-bond acceptors (Lipinski definition) is 5. The molecule has 0 fully saturated rings. The molecule has 7 heteroatoms. The van der Waals surface area contributed by atoms with Gasteiger partial charge in [-0.3, -0.25) is 10.1 Å².